The highest BCUT2D eigenvalue weighted by atomic mass is 35.5. The van der Waals surface area contributed by atoms with Crippen LogP contribution in [0.2, 0.25) is 5.02 Å². The van der Waals surface area contributed by atoms with E-state index in [2.05, 4.69) is 25.6 Å². The number of nitrogens with one attached hydrogen (secondary N) is 3. The van der Waals surface area contributed by atoms with E-state index >= 15 is 0 Å². The summed E-state index contributed by atoms with van der Waals surface area (Å²) >= 11 is 6.19. The highest BCUT2D eigenvalue weighted by molar-refractivity contribution is 6.32. The standard InChI is InChI=1S/C17H18ClN7O2/c18-12-9-21-17(23-13-4-1-7-20-16(13)27)24-15(12)22-11-3-2-8-25(10-11)14(26)5-6-19/h1,4,7,9,11H,2-3,5,8,10H2,(H,20,27)(H2,21,22,23,24). The topological polar surface area (TPSA) is 127 Å². The molecule has 3 rings (SSSR count). The summed E-state index contributed by atoms with van der Waals surface area (Å²) < 4.78 is 0. The second-order valence-electron chi connectivity index (χ2n) is 6.09. The first-order valence-corrected chi connectivity index (χ1v) is 8.83. The summed E-state index contributed by atoms with van der Waals surface area (Å²) in [6.07, 6.45) is 4.52. The van der Waals surface area contributed by atoms with Gasteiger partial charge in [0.1, 0.15) is 17.1 Å². The van der Waals surface area contributed by atoms with E-state index in [-0.39, 0.29) is 29.9 Å². The molecule has 9 nitrogen and oxygen atoms in total. The lowest BCUT2D eigenvalue weighted by atomic mass is 10.1. The maximum Gasteiger partial charge on any atom is 0.271 e. The molecule has 1 aliphatic rings. The van der Waals surface area contributed by atoms with Crippen molar-refractivity contribution < 1.29 is 4.79 Å². The maximum absolute atomic E-state index is 11.9. The van der Waals surface area contributed by atoms with E-state index in [0.717, 1.165) is 12.8 Å². The number of carbonyl (C=O) groups is 1. The van der Waals surface area contributed by atoms with Crippen molar-refractivity contribution in [3.63, 3.8) is 0 Å². The molecule has 0 aliphatic carbocycles. The van der Waals surface area contributed by atoms with Crippen LogP contribution in [-0.2, 0) is 4.79 Å². The molecule has 0 saturated carbocycles. The number of H-pyrrole nitrogens is 1. The van der Waals surface area contributed by atoms with Gasteiger partial charge in [0.15, 0.2) is 5.82 Å². The monoisotopic (exact) mass is 387 g/mol. The SMILES string of the molecule is N#CCC(=O)N1CCCC(Nc2nc(Nc3ccc[nH]c3=O)ncc2Cl)C1. The van der Waals surface area contributed by atoms with Crippen LogP contribution in [-0.4, -0.2) is 44.9 Å². The third kappa shape index (κ3) is 4.74. The molecule has 27 heavy (non-hydrogen) atoms. The quantitative estimate of drug-likeness (QED) is 0.714. The predicted octanol–water partition coefficient (Wildman–Crippen LogP) is 1.88. The highest BCUT2D eigenvalue weighted by Gasteiger charge is 2.24. The maximum atomic E-state index is 11.9. The Morgan fingerprint density at radius 3 is 3.15 bits per heavy atom. The Labute approximate surface area is 160 Å². The zero-order valence-corrected chi connectivity index (χ0v) is 15.2. The number of halogens is 1. The minimum atomic E-state index is -0.288. The zero-order chi connectivity index (χ0) is 19.2. The second kappa shape index (κ2) is 8.51. The van der Waals surface area contributed by atoms with Crippen LogP contribution >= 0.6 is 11.6 Å². The van der Waals surface area contributed by atoms with Gasteiger partial charge in [-0.15, -0.1) is 0 Å². The summed E-state index contributed by atoms with van der Waals surface area (Å²) in [7, 11) is 0. The van der Waals surface area contributed by atoms with Gasteiger partial charge in [-0.3, -0.25) is 9.59 Å². The van der Waals surface area contributed by atoms with Crippen molar-refractivity contribution in [2.75, 3.05) is 23.7 Å². The van der Waals surface area contributed by atoms with Crippen molar-refractivity contribution in [2.24, 2.45) is 0 Å². The molecule has 0 spiro atoms. The second-order valence-corrected chi connectivity index (χ2v) is 6.49. The minimum absolute atomic E-state index is 0.0400. The number of carbonyl (C=O) groups excluding carboxylic acids is 1. The van der Waals surface area contributed by atoms with Gasteiger partial charge < -0.3 is 20.5 Å². The molecule has 2 aromatic rings. The van der Waals surface area contributed by atoms with E-state index in [1.807, 2.05) is 6.07 Å². The van der Waals surface area contributed by atoms with Crippen molar-refractivity contribution in [3.05, 3.63) is 39.9 Å². The number of piperidine rings is 1. The van der Waals surface area contributed by atoms with Crippen molar-refractivity contribution >= 4 is 35.0 Å². The van der Waals surface area contributed by atoms with Gasteiger partial charge in [0.2, 0.25) is 11.9 Å². The van der Waals surface area contributed by atoms with Crippen LogP contribution in [0.25, 0.3) is 0 Å². The number of hydrogen-bond donors (Lipinski definition) is 3. The molecule has 0 aromatic carbocycles. The molecule has 1 amide bonds. The minimum Gasteiger partial charge on any atom is -0.364 e. The summed E-state index contributed by atoms with van der Waals surface area (Å²) in [5.74, 6) is 0.469. The fraction of sp³-hybridized carbons (Fsp3) is 0.353. The lowest BCUT2D eigenvalue weighted by molar-refractivity contribution is -0.131. The summed E-state index contributed by atoms with van der Waals surface area (Å²) in [6, 6.07) is 5.15. The van der Waals surface area contributed by atoms with Crippen LogP contribution in [0.1, 0.15) is 19.3 Å². The summed E-state index contributed by atoms with van der Waals surface area (Å²) in [4.78, 5) is 36.4. The molecule has 140 valence electrons. The van der Waals surface area contributed by atoms with Crippen LogP contribution in [0.4, 0.5) is 17.5 Å². The molecule has 1 unspecified atom stereocenters. The Kier molecular flexibility index (Phi) is 5.88. The average molecular weight is 388 g/mol. The normalized spacial score (nSPS) is 16.4. The Morgan fingerprint density at radius 2 is 2.37 bits per heavy atom. The van der Waals surface area contributed by atoms with E-state index in [1.54, 1.807) is 17.0 Å². The largest absolute Gasteiger partial charge is 0.364 e. The van der Waals surface area contributed by atoms with Gasteiger partial charge in [-0.05, 0) is 25.0 Å². The Balaban J connectivity index is 1.71. The van der Waals surface area contributed by atoms with Gasteiger partial charge in [-0.25, -0.2) is 4.98 Å². The number of pyridine rings is 1. The Bertz CT molecular complexity index is 924. The van der Waals surface area contributed by atoms with E-state index in [4.69, 9.17) is 16.9 Å². The van der Waals surface area contributed by atoms with E-state index in [1.165, 1.54) is 12.4 Å². The number of anilines is 3. The molecule has 1 aliphatic heterocycles. The number of hydrogen-bond acceptors (Lipinski definition) is 7. The first-order valence-electron chi connectivity index (χ1n) is 8.45. The molecule has 10 heteroatoms. The van der Waals surface area contributed by atoms with Crippen molar-refractivity contribution in [2.45, 2.75) is 25.3 Å². The van der Waals surface area contributed by atoms with Gasteiger partial charge in [0, 0.05) is 25.3 Å². The van der Waals surface area contributed by atoms with Gasteiger partial charge in [0.05, 0.1) is 12.3 Å². The average Bonchev–Trinajstić information content (AvgIpc) is 2.67. The molecule has 0 bridgehead atoms. The van der Waals surface area contributed by atoms with Crippen molar-refractivity contribution in [1.29, 1.82) is 5.26 Å². The number of aromatic amines is 1. The summed E-state index contributed by atoms with van der Waals surface area (Å²) in [5, 5.41) is 15.1. The highest BCUT2D eigenvalue weighted by Crippen LogP contribution is 2.23. The Morgan fingerprint density at radius 1 is 1.52 bits per heavy atom. The first-order chi connectivity index (χ1) is 13.1. The van der Waals surface area contributed by atoms with Gasteiger partial charge in [0.25, 0.3) is 5.56 Å². The molecule has 1 fully saturated rings. The van der Waals surface area contributed by atoms with E-state index in [0.29, 0.717) is 29.6 Å². The van der Waals surface area contributed by atoms with Gasteiger partial charge >= 0.3 is 0 Å². The number of nitriles is 1. The molecule has 0 radical (unpaired) electrons. The van der Waals surface area contributed by atoms with Crippen molar-refractivity contribution in [3.8, 4) is 6.07 Å². The van der Waals surface area contributed by atoms with Gasteiger partial charge in [-0.1, -0.05) is 11.6 Å². The predicted molar refractivity (Wildman–Crippen MR) is 101 cm³/mol. The summed E-state index contributed by atoms with van der Waals surface area (Å²) in [5.41, 5.74) is 0.0289. The number of aromatic nitrogens is 3. The van der Waals surface area contributed by atoms with Crippen LogP contribution in [0.3, 0.4) is 0 Å². The molecule has 2 aromatic heterocycles. The lowest BCUT2D eigenvalue weighted by Crippen LogP contribution is -2.45. The van der Waals surface area contributed by atoms with E-state index < -0.39 is 0 Å². The summed E-state index contributed by atoms with van der Waals surface area (Å²) in [6.45, 7) is 1.11. The fourth-order valence-electron chi connectivity index (χ4n) is 2.86. The van der Waals surface area contributed by atoms with Crippen LogP contribution in [0.5, 0.6) is 0 Å². The number of likely N-dealkylation sites (tertiary alicyclic amines) is 1. The molecular formula is C17H18ClN7O2. The van der Waals surface area contributed by atoms with E-state index in [9.17, 15) is 9.59 Å². The molecule has 1 saturated heterocycles. The third-order valence-electron chi connectivity index (χ3n) is 4.15. The van der Waals surface area contributed by atoms with Gasteiger partial charge in [-0.2, -0.15) is 10.2 Å². The van der Waals surface area contributed by atoms with Crippen molar-refractivity contribution in [1.82, 2.24) is 19.9 Å². The zero-order valence-electron chi connectivity index (χ0n) is 14.4. The van der Waals surface area contributed by atoms with Crippen LogP contribution in [0.15, 0.2) is 29.3 Å². The lowest BCUT2D eigenvalue weighted by Gasteiger charge is -2.33. The van der Waals surface area contributed by atoms with Crippen LogP contribution in [0, 0.1) is 11.3 Å². The molecule has 3 heterocycles. The first kappa shape index (κ1) is 18.7. The molecular weight excluding hydrogens is 370 g/mol. The molecule has 3 N–H and O–H groups in total. The number of amides is 1. The number of nitrogens with zero attached hydrogens (tertiary/aromatic N) is 4. The third-order valence-corrected chi connectivity index (χ3v) is 4.43. The number of rotatable bonds is 5. The Hall–Kier alpha value is -3.12. The molecule has 1 atom stereocenters. The smallest absolute Gasteiger partial charge is 0.271 e. The fourth-order valence-corrected chi connectivity index (χ4v) is 3.01. The van der Waals surface area contributed by atoms with Crippen LogP contribution < -0.4 is 16.2 Å².